The zero-order valence-corrected chi connectivity index (χ0v) is 12.5. The summed E-state index contributed by atoms with van der Waals surface area (Å²) in [6.45, 7) is 7.83. The third-order valence-electron chi connectivity index (χ3n) is 3.86. The van der Waals surface area contributed by atoms with E-state index in [0.29, 0.717) is 0 Å². The quantitative estimate of drug-likeness (QED) is 0.835. The van der Waals surface area contributed by atoms with Gasteiger partial charge < -0.3 is 10.4 Å². The van der Waals surface area contributed by atoms with E-state index < -0.39 is 24.6 Å². The maximum absolute atomic E-state index is 12.6. The van der Waals surface area contributed by atoms with Crippen LogP contribution in [0.4, 0.5) is 13.2 Å². The molecule has 1 atom stereocenters. The molecule has 0 radical (unpaired) electrons. The number of hydrogen-bond donors (Lipinski definition) is 2. The molecular weight excluding hydrogens is 271 g/mol. The van der Waals surface area contributed by atoms with Crippen LogP contribution in [0.15, 0.2) is 0 Å². The Balaban J connectivity index is 2.66. The number of rotatable bonds is 4. The van der Waals surface area contributed by atoms with Gasteiger partial charge in [-0.15, -0.1) is 0 Å². The number of nitrogens with one attached hydrogen (secondary N) is 1. The molecule has 0 aromatic carbocycles. The smallest absolute Gasteiger partial charge is 0.403 e. The summed E-state index contributed by atoms with van der Waals surface area (Å²) in [7, 11) is 0. The normalized spacial score (nSPS) is 24.4. The molecule has 20 heavy (non-hydrogen) atoms. The second-order valence-corrected chi connectivity index (χ2v) is 7.45. The summed E-state index contributed by atoms with van der Waals surface area (Å²) in [5.41, 5.74) is 0.104. The first-order valence-electron chi connectivity index (χ1n) is 6.85. The molecule has 0 spiro atoms. The maximum atomic E-state index is 12.6. The minimum atomic E-state index is -4.71. The van der Waals surface area contributed by atoms with Crippen molar-refractivity contribution in [3.8, 4) is 0 Å². The van der Waals surface area contributed by atoms with Crippen LogP contribution in [0.1, 0.15) is 47.0 Å². The summed E-state index contributed by atoms with van der Waals surface area (Å²) in [4.78, 5) is 10.7. The average molecular weight is 295 g/mol. The molecule has 1 fully saturated rings. The second kappa shape index (κ2) is 5.54. The van der Waals surface area contributed by atoms with Crippen LogP contribution < -0.4 is 5.32 Å². The van der Waals surface area contributed by atoms with Crippen LogP contribution in [-0.2, 0) is 4.79 Å². The zero-order chi connectivity index (χ0) is 15.8. The van der Waals surface area contributed by atoms with Crippen molar-refractivity contribution in [2.45, 2.75) is 59.2 Å². The van der Waals surface area contributed by atoms with Crippen LogP contribution in [0, 0.1) is 16.7 Å². The van der Waals surface area contributed by atoms with Gasteiger partial charge >= 0.3 is 12.1 Å². The molecule has 0 aromatic heterocycles. The molecule has 1 rings (SSSR count). The minimum absolute atomic E-state index is 0.0520. The Hall–Kier alpha value is -0.780. The van der Waals surface area contributed by atoms with E-state index in [9.17, 15) is 18.0 Å². The van der Waals surface area contributed by atoms with Gasteiger partial charge in [0.1, 0.15) is 0 Å². The van der Waals surface area contributed by atoms with Gasteiger partial charge in [0, 0.05) is 12.6 Å². The van der Waals surface area contributed by atoms with Crippen molar-refractivity contribution >= 4 is 5.97 Å². The van der Waals surface area contributed by atoms with Crippen LogP contribution in [-0.4, -0.2) is 29.8 Å². The SMILES string of the molecule is CC1(C)CC(NCC(C(=O)O)C(F)(F)F)CC(C)(C)C1. The van der Waals surface area contributed by atoms with Crippen molar-refractivity contribution in [3.05, 3.63) is 0 Å². The molecule has 118 valence electrons. The molecule has 0 saturated heterocycles. The Bertz CT molecular complexity index is 348. The Morgan fingerprint density at radius 3 is 2.05 bits per heavy atom. The summed E-state index contributed by atoms with van der Waals surface area (Å²) in [6.07, 6.45) is -2.17. The van der Waals surface area contributed by atoms with E-state index in [4.69, 9.17) is 5.11 Å². The summed E-state index contributed by atoms with van der Waals surface area (Å²) < 4.78 is 37.8. The van der Waals surface area contributed by atoms with Crippen LogP contribution >= 0.6 is 0 Å². The minimum Gasteiger partial charge on any atom is -0.481 e. The molecule has 1 aliphatic carbocycles. The fourth-order valence-electron chi connectivity index (χ4n) is 3.62. The van der Waals surface area contributed by atoms with E-state index in [1.54, 1.807) is 0 Å². The highest BCUT2D eigenvalue weighted by molar-refractivity contribution is 5.71. The predicted molar refractivity (Wildman–Crippen MR) is 70.4 cm³/mol. The van der Waals surface area contributed by atoms with Crippen molar-refractivity contribution < 1.29 is 23.1 Å². The van der Waals surface area contributed by atoms with E-state index in [2.05, 4.69) is 33.0 Å². The first-order chi connectivity index (χ1) is 8.82. The molecule has 1 saturated carbocycles. The fraction of sp³-hybridized carbons (Fsp3) is 0.929. The van der Waals surface area contributed by atoms with Gasteiger partial charge in [-0.3, -0.25) is 4.79 Å². The van der Waals surface area contributed by atoms with E-state index in [-0.39, 0.29) is 16.9 Å². The van der Waals surface area contributed by atoms with Crippen LogP contribution in [0.5, 0.6) is 0 Å². The van der Waals surface area contributed by atoms with Crippen LogP contribution in [0.3, 0.4) is 0 Å². The molecule has 1 aliphatic rings. The van der Waals surface area contributed by atoms with E-state index >= 15 is 0 Å². The first kappa shape index (κ1) is 17.3. The topological polar surface area (TPSA) is 49.3 Å². The highest BCUT2D eigenvalue weighted by Crippen LogP contribution is 2.45. The second-order valence-electron chi connectivity index (χ2n) is 7.45. The van der Waals surface area contributed by atoms with E-state index in [1.807, 2.05) is 0 Å². The van der Waals surface area contributed by atoms with Crippen molar-refractivity contribution in [1.29, 1.82) is 0 Å². The van der Waals surface area contributed by atoms with E-state index in [1.165, 1.54) is 0 Å². The summed E-state index contributed by atoms with van der Waals surface area (Å²) in [6, 6.07) is -0.0713. The largest absolute Gasteiger partial charge is 0.481 e. The Morgan fingerprint density at radius 1 is 1.25 bits per heavy atom. The number of halogens is 3. The van der Waals surface area contributed by atoms with Gasteiger partial charge in [0.25, 0.3) is 0 Å². The number of carboxylic acids is 1. The molecule has 0 aromatic rings. The van der Waals surface area contributed by atoms with Crippen molar-refractivity contribution in [2.75, 3.05) is 6.54 Å². The van der Waals surface area contributed by atoms with Crippen LogP contribution in [0.25, 0.3) is 0 Å². The highest BCUT2D eigenvalue weighted by Gasteiger charge is 2.46. The standard InChI is InChI=1S/C14H24F3NO2/c1-12(2)5-9(6-13(3,4)8-12)18-7-10(11(19)20)14(15,16)17/h9-10,18H,5-8H2,1-4H3,(H,19,20). The Labute approximate surface area is 117 Å². The Morgan fingerprint density at radius 2 is 1.70 bits per heavy atom. The van der Waals surface area contributed by atoms with Crippen molar-refractivity contribution in [3.63, 3.8) is 0 Å². The predicted octanol–water partition coefficient (Wildman–Crippen LogP) is 3.44. The molecule has 0 bridgehead atoms. The lowest BCUT2D eigenvalue weighted by molar-refractivity contribution is -0.192. The molecule has 6 heteroatoms. The number of aliphatic carboxylic acids is 1. The maximum Gasteiger partial charge on any atom is 0.403 e. The number of alkyl halides is 3. The molecule has 1 unspecified atom stereocenters. The lowest BCUT2D eigenvalue weighted by Crippen LogP contribution is -2.48. The number of carbonyl (C=O) groups is 1. The van der Waals surface area contributed by atoms with Crippen molar-refractivity contribution in [2.24, 2.45) is 16.7 Å². The molecule has 2 N–H and O–H groups in total. The number of hydrogen-bond acceptors (Lipinski definition) is 2. The van der Waals surface area contributed by atoms with Gasteiger partial charge in [-0.1, -0.05) is 27.7 Å². The van der Waals surface area contributed by atoms with Gasteiger partial charge in [-0.05, 0) is 30.1 Å². The van der Waals surface area contributed by atoms with Gasteiger partial charge in [-0.2, -0.15) is 13.2 Å². The third kappa shape index (κ3) is 4.96. The van der Waals surface area contributed by atoms with Crippen LogP contribution in [0.2, 0.25) is 0 Å². The summed E-state index contributed by atoms with van der Waals surface area (Å²) >= 11 is 0. The molecule has 0 amide bonds. The van der Waals surface area contributed by atoms with Gasteiger partial charge in [-0.25, -0.2) is 0 Å². The highest BCUT2D eigenvalue weighted by atomic mass is 19.4. The molecular formula is C14H24F3NO2. The summed E-state index contributed by atoms with van der Waals surface area (Å²) in [5.74, 6) is -4.16. The number of carboxylic acid groups (broad SMARTS) is 1. The summed E-state index contributed by atoms with van der Waals surface area (Å²) in [5, 5.41) is 11.5. The Kier molecular flexibility index (Phi) is 4.79. The first-order valence-corrected chi connectivity index (χ1v) is 6.85. The lowest BCUT2D eigenvalue weighted by Gasteiger charge is -2.45. The molecule has 0 heterocycles. The van der Waals surface area contributed by atoms with Gasteiger partial charge in [0.2, 0.25) is 0 Å². The lowest BCUT2D eigenvalue weighted by atomic mass is 9.63. The fourth-order valence-corrected chi connectivity index (χ4v) is 3.62. The van der Waals surface area contributed by atoms with Gasteiger partial charge in [0.05, 0.1) is 0 Å². The molecule has 3 nitrogen and oxygen atoms in total. The van der Waals surface area contributed by atoms with Gasteiger partial charge in [0.15, 0.2) is 5.92 Å². The van der Waals surface area contributed by atoms with Crippen molar-refractivity contribution in [1.82, 2.24) is 5.32 Å². The third-order valence-corrected chi connectivity index (χ3v) is 3.86. The monoisotopic (exact) mass is 295 g/mol. The van der Waals surface area contributed by atoms with E-state index in [0.717, 1.165) is 19.3 Å². The zero-order valence-electron chi connectivity index (χ0n) is 12.5. The molecule has 0 aliphatic heterocycles. The average Bonchev–Trinajstić information content (AvgIpc) is 2.08.